The molecule has 7 heteroatoms. The molecule has 2 N–H and O–H groups in total. The summed E-state index contributed by atoms with van der Waals surface area (Å²) in [6.07, 6.45) is 0.992. The van der Waals surface area contributed by atoms with Crippen molar-refractivity contribution >= 4 is 28.3 Å². The molecule has 6 nitrogen and oxygen atoms in total. The SMILES string of the molecule is CCC(C)C(NC(=O)Cc1ccccc1)C(=O)Nc1nnc(-c2cccc(C)c2)s1. The van der Waals surface area contributed by atoms with Gasteiger partial charge in [0.2, 0.25) is 16.9 Å². The maximum Gasteiger partial charge on any atom is 0.249 e. The van der Waals surface area contributed by atoms with Gasteiger partial charge in [0.1, 0.15) is 11.0 Å². The van der Waals surface area contributed by atoms with Crippen molar-refractivity contribution in [3.63, 3.8) is 0 Å². The van der Waals surface area contributed by atoms with Crippen LogP contribution in [0.4, 0.5) is 5.13 Å². The maximum absolute atomic E-state index is 12.9. The first-order chi connectivity index (χ1) is 14.5. The second kappa shape index (κ2) is 10.1. The molecule has 0 aliphatic rings. The van der Waals surface area contributed by atoms with E-state index >= 15 is 0 Å². The van der Waals surface area contributed by atoms with Gasteiger partial charge in [-0.05, 0) is 24.5 Å². The highest BCUT2D eigenvalue weighted by molar-refractivity contribution is 7.18. The Labute approximate surface area is 180 Å². The molecule has 2 amide bonds. The van der Waals surface area contributed by atoms with Crippen LogP contribution < -0.4 is 10.6 Å². The van der Waals surface area contributed by atoms with Crippen molar-refractivity contribution in [2.75, 3.05) is 5.32 Å². The highest BCUT2D eigenvalue weighted by Crippen LogP contribution is 2.27. The van der Waals surface area contributed by atoms with Gasteiger partial charge in [0.15, 0.2) is 0 Å². The molecule has 1 aromatic heterocycles. The Bertz CT molecular complexity index is 1000. The van der Waals surface area contributed by atoms with E-state index in [0.717, 1.165) is 28.1 Å². The summed E-state index contributed by atoms with van der Waals surface area (Å²) in [5.41, 5.74) is 3.00. The van der Waals surface area contributed by atoms with Crippen molar-refractivity contribution in [1.82, 2.24) is 15.5 Å². The third-order valence-electron chi connectivity index (χ3n) is 4.94. The lowest BCUT2D eigenvalue weighted by atomic mass is 9.98. The molecule has 0 spiro atoms. The summed E-state index contributed by atoms with van der Waals surface area (Å²) in [6.45, 7) is 5.96. The van der Waals surface area contributed by atoms with E-state index in [2.05, 4.69) is 20.8 Å². The molecule has 0 saturated heterocycles. The van der Waals surface area contributed by atoms with Gasteiger partial charge in [-0.25, -0.2) is 0 Å². The van der Waals surface area contributed by atoms with Gasteiger partial charge >= 0.3 is 0 Å². The van der Waals surface area contributed by atoms with Gasteiger partial charge in [-0.1, -0.05) is 85.7 Å². The molecule has 0 saturated carbocycles. The van der Waals surface area contributed by atoms with Crippen molar-refractivity contribution in [2.24, 2.45) is 5.92 Å². The summed E-state index contributed by atoms with van der Waals surface area (Å²) < 4.78 is 0. The van der Waals surface area contributed by atoms with Gasteiger partial charge in [0.25, 0.3) is 0 Å². The fraction of sp³-hybridized carbons (Fsp3) is 0.304. The highest BCUT2D eigenvalue weighted by atomic mass is 32.1. The summed E-state index contributed by atoms with van der Waals surface area (Å²) in [4.78, 5) is 25.4. The normalized spacial score (nSPS) is 12.8. The molecule has 0 fully saturated rings. The number of aromatic nitrogens is 2. The summed E-state index contributed by atoms with van der Waals surface area (Å²) in [5.74, 6) is -0.481. The highest BCUT2D eigenvalue weighted by Gasteiger charge is 2.27. The Balaban J connectivity index is 1.67. The lowest BCUT2D eigenvalue weighted by Crippen LogP contribution is -2.48. The number of benzene rings is 2. The predicted molar refractivity (Wildman–Crippen MR) is 120 cm³/mol. The van der Waals surface area contributed by atoms with Crippen LogP contribution in [0.2, 0.25) is 0 Å². The molecule has 2 atom stereocenters. The summed E-state index contributed by atoms with van der Waals surface area (Å²) >= 11 is 1.31. The molecule has 3 rings (SSSR count). The average Bonchev–Trinajstić information content (AvgIpc) is 3.20. The average molecular weight is 423 g/mol. The zero-order valence-corrected chi connectivity index (χ0v) is 18.2. The Morgan fingerprint density at radius 2 is 1.83 bits per heavy atom. The van der Waals surface area contributed by atoms with Crippen molar-refractivity contribution in [3.05, 3.63) is 65.7 Å². The number of hydrogen-bond donors (Lipinski definition) is 2. The number of anilines is 1. The van der Waals surface area contributed by atoms with Crippen LogP contribution in [0.3, 0.4) is 0 Å². The number of hydrogen-bond acceptors (Lipinski definition) is 5. The number of amides is 2. The minimum Gasteiger partial charge on any atom is -0.344 e. The zero-order valence-electron chi connectivity index (χ0n) is 17.4. The maximum atomic E-state index is 12.9. The molecule has 2 unspecified atom stereocenters. The monoisotopic (exact) mass is 422 g/mol. The van der Waals surface area contributed by atoms with Gasteiger partial charge in [0, 0.05) is 5.56 Å². The van der Waals surface area contributed by atoms with E-state index in [9.17, 15) is 9.59 Å². The third-order valence-corrected chi connectivity index (χ3v) is 5.83. The fourth-order valence-electron chi connectivity index (χ4n) is 3.06. The second-order valence-corrected chi connectivity index (χ2v) is 8.34. The van der Waals surface area contributed by atoms with E-state index in [1.807, 2.05) is 75.4 Å². The molecule has 2 aromatic carbocycles. The molecule has 3 aromatic rings. The number of aryl methyl sites for hydroxylation is 1. The van der Waals surface area contributed by atoms with E-state index in [4.69, 9.17) is 0 Å². The first-order valence-electron chi connectivity index (χ1n) is 10.0. The fourth-order valence-corrected chi connectivity index (χ4v) is 3.80. The van der Waals surface area contributed by atoms with Crippen molar-refractivity contribution in [1.29, 1.82) is 0 Å². The summed E-state index contributed by atoms with van der Waals surface area (Å²) in [7, 11) is 0. The Hall–Kier alpha value is -3.06. The standard InChI is InChI=1S/C23H26N4O2S/c1-4-16(3)20(24-19(28)14-17-10-6-5-7-11-17)21(29)25-23-27-26-22(30-23)18-12-8-9-15(2)13-18/h5-13,16,20H,4,14H2,1-3H3,(H,24,28)(H,25,27,29). The van der Waals surface area contributed by atoms with Crippen molar-refractivity contribution in [2.45, 2.75) is 39.7 Å². The lowest BCUT2D eigenvalue weighted by Gasteiger charge is -2.23. The van der Waals surface area contributed by atoms with E-state index in [1.165, 1.54) is 11.3 Å². The Morgan fingerprint density at radius 1 is 1.07 bits per heavy atom. The van der Waals surface area contributed by atoms with Gasteiger partial charge in [0.05, 0.1) is 6.42 Å². The molecular weight excluding hydrogens is 396 g/mol. The second-order valence-electron chi connectivity index (χ2n) is 7.36. The van der Waals surface area contributed by atoms with E-state index < -0.39 is 6.04 Å². The van der Waals surface area contributed by atoms with Crippen LogP contribution in [-0.2, 0) is 16.0 Å². The summed E-state index contributed by atoms with van der Waals surface area (Å²) in [5, 5.41) is 15.2. The molecular formula is C23H26N4O2S. The Morgan fingerprint density at radius 3 is 2.53 bits per heavy atom. The van der Waals surface area contributed by atoms with Crippen molar-refractivity contribution in [3.8, 4) is 10.6 Å². The van der Waals surface area contributed by atoms with Gasteiger partial charge in [-0.15, -0.1) is 10.2 Å². The van der Waals surface area contributed by atoms with Crippen molar-refractivity contribution < 1.29 is 9.59 Å². The zero-order chi connectivity index (χ0) is 21.5. The first-order valence-corrected chi connectivity index (χ1v) is 10.8. The van der Waals surface area contributed by atoms with E-state index in [1.54, 1.807) is 0 Å². The van der Waals surface area contributed by atoms with Crippen LogP contribution in [-0.4, -0.2) is 28.1 Å². The van der Waals surface area contributed by atoms with Crippen LogP contribution in [0, 0.1) is 12.8 Å². The van der Waals surface area contributed by atoms with Crippen LogP contribution in [0.25, 0.3) is 10.6 Å². The molecule has 0 aliphatic heterocycles. The number of nitrogens with one attached hydrogen (secondary N) is 2. The van der Waals surface area contributed by atoms with Crippen LogP contribution >= 0.6 is 11.3 Å². The van der Waals surface area contributed by atoms with Crippen LogP contribution in [0.1, 0.15) is 31.4 Å². The molecule has 0 aliphatic carbocycles. The summed E-state index contributed by atoms with van der Waals surface area (Å²) in [6, 6.07) is 16.8. The van der Waals surface area contributed by atoms with Gasteiger partial charge in [-0.2, -0.15) is 0 Å². The quantitative estimate of drug-likeness (QED) is 0.569. The number of carbonyl (C=O) groups is 2. The van der Waals surface area contributed by atoms with E-state index in [-0.39, 0.29) is 24.2 Å². The minimum absolute atomic E-state index is 0.0195. The Kier molecular flexibility index (Phi) is 7.30. The van der Waals surface area contributed by atoms with Gasteiger partial charge in [-0.3, -0.25) is 14.9 Å². The van der Waals surface area contributed by atoms with Gasteiger partial charge < -0.3 is 5.32 Å². The van der Waals surface area contributed by atoms with E-state index in [0.29, 0.717) is 5.13 Å². The van der Waals surface area contributed by atoms with Crippen LogP contribution in [0.5, 0.6) is 0 Å². The molecule has 0 radical (unpaired) electrons. The minimum atomic E-state index is -0.641. The molecule has 0 bridgehead atoms. The molecule has 1 heterocycles. The predicted octanol–water partition coefficient (Wildman–Crippen LogP) is 4.23. The number of rotatable bonds is 8. The van der Waals surface area contributed by atoms with Crippen LogP contribution in [0.15, 0.2) is 54.6 Å². The third kappa shape index (κ3) is 5.73. The lowest BCUT2D eigenvalue weighted by molar-refractivity contribution is -0.127. The largest absolute Gasteiger partial charge is 0.344 e. The molecule has 156 valence electrons. The topological polar surface area (TPSA) is 84.0 Å². The molecule has 30 heavy (non-hydrogen) atoms. The smallest absolute Gasteiger partial charge is 0.249 e. The number of carbonyl (C=O) groups excluding carboxylic acids is 2. The first kappa shape index (κ1) is 21.6. The number of nitrogens with zero attached hydrogens (tertiary/aromatic N) is 2.